The minimum atomic E-state index is 0.200. The Balaban J connectivity index is 2.21. The minimum absolute atomic E-state index is 0.200. The van der Waals surface area contributed by atoms with E-state index < -0.39 is 0 Å². The van der Waals surface area contributed by atoms with Gasteiger partial charge in [-0.25, -0.2) is 4.98 Å². The van der Waals surface area contributed by atoms with E-state index in [0.29, 0.717) is 5.15 Å². The summed E-state index contributed by atoms with van der Waals surface area (Å²) in [5.74, 6) is 0. The molecule has 2 nitrogen and oxygen atoms in total. The smallest absolute Gasteiger partial charge is 0.152 e. The first-order chi connectivity index (χ1) is 8.08. The Labute approximate surface area is 118 Å². The van der Waals surface area contributed by atoms with E-state index >= 15 is 0 Å². The fraction of sp³-hybridized carbons (Fsp3) is 0.250. The minimum Gasteiger partial charge on any atom is -0.375 e. The number of halogens is 2. The number of nitrogens with zero attached hydrogens (tertiary/aromatic N) is 1. The summed E-state index contributed by atoms with van der Waals surface area (Å²) in [7, 11) is 0. The number of aromatic nitrogens is 1. The maximum Gasteiger partial charge on any atom is 0.152 e. The average molecular weight is 332 g/mol. The summed E-state index contributed by atoms with van der Waals surface area (Å²) >= 11 is 11.3. The summed E-state index contributed by atoms with van der Waals surface area (Å²) in [6, 6.07) is 4.26. The third kappa shape index (κ3) is 3.00. The molecule has 0 saturated carbocycles. The Morgan fingerprint density at radius 2 is 2.29 bits per heavy atom. The molecule has 17 heavy (non-hydrogen) atoms. The van der Waals surface area contributed by atoms with Gasteiger partial charge < -0.3 is 5.32 Å². The van der Waals surface area contributed by atoms with Crippen molar-refractivity contribution in [3.05, 3.63) is 43.8 Å². The van der Waals surface area contributed by atoms with Gasteiger partial charge in [0.15, 0.2) is 5.15 Å². The lowest BCUT2D eigenvalue weighted by Crippen LogP contribution is -2.06. The van der Waals surface area contributed by atoms with Crippen molar-refractivity contribution in [2.75, 3.05) is 5.32 Å². The van der Waals surface area contributed by atoms with Crippen molar-refractivity contribution in [2.24, 2.45) is 0 Å². The van der Waals surface area contributed by atoms with E-state index in [-0.39, 0.29) is 6.04 Å². The molecule has 0 radical (unpaired) electrons. The molecule has 0 saturated heterocycles. The quantitative estimate of drug-likeness (QED) is 0.797. The number of nitrogens with one attached hydrogen (secondary N) is 1. The molecule has 0 amide bonds. The van der Waals surface area contributed by atoms with Gasteiger partial charge in [0.1, 0.15) is 0 Å². The molecule has 2 aromatic heterocycles. The number of hydrogen-bond acceptors (Lipinski definition) is 3. The Morgan fingerprint density at radius 3 is 2.94 bits per heavy atom. The van der Waals surface area contributed by atoms with Gasteiger partial charge in [-0.2, -0.15) is 0 Å². The van der Waals surface area contributed by atoms with Crippen LogP contribution < -0.4 is 5.32 Å². The summed E-state index contributed by atoms with van der Waals surface area (Å²) in [4.78, 5) is 5.38. The van der Waals surface area contributed by atoms with Gasteiger partial charge in [0, 0.05) is 15.5 Å². The van der Waals surface area contributed by atoms with Crippen LogP contribution in [0.4, 0.5) is 5.69 Å². The molecule has 0 spiro atoms. The second-order valence-electron chi connectivity index (χ2n) is 3.85. The molecule has 2 rings (SSSR count). The Morgan fingerprint density at radius 1 is 1.53 bits per heavy atom. The number of pyridine rings is 1. The highest BCUT2D eigenvalue weighted by Gasteiger charge is 2.12. The molecule has 0 aromatic carbocycles. The van der Waals surface area contributed by atoms with Gasteiger partial charge >= 0.3 is 0 Å². The topological polar surface area (TPSA) is 24.9 Å². The van der Waals surface area contributed by atoms with Crippen molar-refractivity contribution in [1.29, 1.82) is 0 Å². The van der Waals surface area contributed by atoms with Crippen LogP contribution in [-0.2, 0) is 0 Å². The van der Waals surface area contributed by atoms with E-state index in [0.717, 1.165) is 15.7 Å². The molecule has 0 aliphatic rings. The standard InChI is InChI=1S/C12H12BrClN2S/c1-7-5-10(12(14)15-6-7)16-8(2)11-9(13)3-4-17-11/h3-6,8,16H,1-2H3. The predicted octanol–water partition coefficient (Wildman–Crippen LogP) is 5.04. The Hall–Kier alpha value is -0.580. The first kappa shape index (κ1) is 12.9. The predicted molar refractivity (Wildman–Crippen MR) is 78.0 cm³/mol. The van der Waals surface area contributed by atoms with Crippen LogP contribution in [0, 0.1) is 6.92 Å². The number of thiophene rings is 1. The second kappa shape index (κ2) is 5.38. The fourth-order valence-electron chi connectivity index (χ4n) is 1.57. The molecule has 1 N–H and O–H groups in total. The molecule has 0 bridgehead atoms. The molecule has 0 fully saturated rings. The summed E-state index contributed by atoms with van der Waals surface area (Å²) < 4.78 is 1.12. The zero-order valence-corrected chi connectivity index (χ0v) is 12.7. The van der Waals surface area contributed by atoms with Crippen LogP contribution in [0.1, 0.15) is 23.4 Å². The van der Waals surface area contributed by atoms with Gasteiger partial charge in [-0.1, -0.05) is 11.6 Å². The van der Waals surface area contributed by atoms with Crippen LogP contribution >= 0.6 is 38.9 Å². The lowest BCUT2D eigenvalue weighted by atomic mass is 10.2. The second-order valence-corrected chi connectivity index (χ2v) is 6.01. The van der Waals surface area contributed by atoms with E-state index in [1.165, 1.54) is 4.88 Å². The maximum atomic E-state index is 6.06. The van der Waals surface area contributed by atoms with E-state index in [1.807, 2.05) is 19.1 Å². The van der Waals surface area contributed by atoms with Crippen molar-refractivity contribution >= 4 is 44.6 Å². The third-order valence-electron chi connectivity index (χ3n) is 2.39. The molecule has 1 unspecified atom stereocenters. The maximum absolute atomic E-state index is 6.06. The van der Waals surface area contributed by atoms with E-state index in [4.69, 9.17) is 11.6 Å². The molecule has 90 valence electrons. The molecule has 0 aliphatic carbocycles. The molecular formula is C12H12BrClN2S. The van der Waals surface area contributed by atoms with Crippen molar-refractivity contribution in [2.45, 2.75) is 19.9 Å². The first-order valence-electron chi connectivity index (χ1n) is 5.19. The van der Waals surface area contributed by atoms with Crippen LogP contribution in [0.2, 0.25) is 5.15 Å². The van der Waals surface area contributed by atoms with Crippen LogP contribution in [0.3, 0.4) is 0 Å². The van der Waals surface area contributed by atoms with Gasteiger partial charge in [-0.15, -0.1) is 11.3 Å². The lowest BCUT2D eigenvalue weighted by Gasteiger charge is -2.15. The molecule has 5 heteroatoms. The fourth-order valence-corrected chi connectivity index (χ4v) is 3.45. The van der Waals surface area contributed by atoms with Crippen molar-refractivity contribution in [1.82, 2.24) is 4.98 Å². The summed E-state index contributed by atoms with van der Waals surface area (Å²) in [5.41, 5.74) is 1.97. The largest absolute Gasteiger partial charge is 0.375 e. The lowest BCUT2D eigenvalue weighted by molar-refractivity contribution is 0.900. The number of aryl methyl sites for hydroxylation is 1. The normalized spacial score (nSPS) is 12.5. The highest BCUT2D eigenvalue weighted by atomic mass is 79.9. The van der Waals surface area contributed by atoms with Crippen LogP contribution in [0.25, 0.3) is 0 Å². The first-order valence-corrected chi connectivity index (χ1v) is 7.24. The van der Waals surface area contributed by atoms with Gasteiger partial charge in [0.25, 0.3) is 0 Å². The average Bonchev–Trinajstić information content (AvgIpc) is 2.70. The van der Waals surface area contributed by atoms with Crippen molar-refractivity contribution in [3.8, 4) is 0 Å². The van der Waals surface area contributed by atoms with E-state index in [2.05, 4.69) is 38.5 Å². The van der Waals surface area contributed by atoms with Crippen molar-refractivity contribution < 1.29 is 0 Å². The van der Waals surface area contributed by atoms with Gasteiger partial charge in [0.05, 0.1) is 11.7 Å². The van der Waals surface area contributed by atoms with Gasteiger partial charge in [-0.05, 0) is 52.9 Å². The molecule has 1 atom stereocenters. The third-order valence-corrected chi connectivity index (χ3v) is 4.74. The van der Waals surface area contributed by atoms with Gasteiger partial charge in [0.2, 0.25) is 0 Å². The van der Waals surface area contributed by atoms with Crippen molar-refractivity contribution in [3.63, 3.8) is 0 Å². The van der Waals surface area contributed by atoms with Crippen LogP contribution in [-0.4, -0.2) is 4.98 Å². The van der Waals surface area contributed by atoms with Crippen LogP contribution in [0.15, 0.2) is 28.2 Å². The highest BCUT2D eigenvalue weighted by molar-refractivity contribution is 9.10. The zero-order chi connectivity index (χ0) is 12.4. The zero-order valence-electron chi connectivity index (χ0n) is 9.50. The summed E-state index contributed by atoms with van der Waals surface area (Å²) in [6.07, 6.45) is 1.76. The molecule has 0 aliphatic heterocycles. The SMILES string of the molecule is Cc1cnc(Cl)c(NC(C)c2sccc2Br)c1. The number of anilines is 1. The molecular weight excluding hydrogens is 320 g/mol. The highest BCUT2D eigenvalue weighted by Crippen LogP contribution is 2.32. The molecule has 2 heterocycles. The monoisotopic (exact) mass is 330 g/mol. The number of rotatable bonds is 3. The van der Waals surface area contributed by atoms with E-state index in [9.17, 15) is 0 Å². The van der Waals surface area contributed by atoms with Crippen LogP contribution in [0.5, 0.6) is 0 Å². The van der Waals surface area contributed by atoms with Gasteiger partial charge in [-0.3, -0.25) is 0 Å². The summed E-state index contributed by atoms with van der Waals surface area (Å²) in [6.45, 7) is 4.11. The Bertz CT molecular complexity index is 527. The molecule has 2 aromatic rings. The number of hydrogen-bond donors (Lipinski definition) is 1. The summed E-state index contributed by atoms with van der Waals surface area (Å²) in [5, 5.41) is 5.95. The van der Waals surface area contributed by atoms with E-state index in [1.54, 1.807) is 17.5 Å². The Kier molecular flexibility index (Phi) is 4.07.